The Labute approximate surface area is 115 Å². The summed E-state index contributed by atoms with van der Waals surface area (Å²) in [5.41, 5.74) is 1.38. The molecule has 104 valence electrons. The Balaban J connectivity index is 1.99. The number of nitrogens with zero attached hydrogens (tertiary/aromatic N) is 1. The second-order valence-corrected chi connectivity index (χ2v) is 5.54. The fraction of sp³-hybridized carbons (Fsp3) is 0.600. The molecule has 1 amide bonds. The standard InChI is InChI=1S/C15H23N3O/c1-3-16-12-7-8-13(17-11-12)14(19)18-15(2)9-5-4-6-10-15/h7-8,11,16H,3-6,9-10H2,1-2H3,(H,18,19). The lowest BCUT2D eigenvalue weighted by molar-refractivity contribution is 0.0877. The summed E-state index contributed by atoms with van der Waals surface area (Å²) in [6, 6.07) is 3.67. The molecule has 1 fully saturated rings. The minimum Gasteiger partial charge on any atom is -0.384 e. The van der Waals surface area contributed by atoms with Crippen LogP contribution in [0.4, 0.5) is 5.69 Å². The fourth-order valence-corrected chi connectivity index (χ4v) is 2.63. The van der Waals surface area contributed by atoms with Gasteiger partial charge in [0.25, 0.3) is 5.91 Å². The van der Waals surface area contributed by atoms with Crippen LogP contribution in [-0.4, -0.2) is 23.0 Å². The number of amides is 1. The molecule has 1 saturated carbocycles. The summed E-state index contributed by atoms with van der Waals surface area (Å²) in [4.78, 5) is 16.4. The Kier molecular flexibility index (Phi) is 4.40. The number of hydrogen-bond acceptors (Lipinski definition) is 3. The molecule has 1 heterocycles. The molecule has 4 nitrogen and oxygen atoms in total. The van der Waals surface area contributed by atoms with E-state index in [2.05, 4.69) is 22.5 Å². The zero-order valence-corrected chi connectivity index (χ0v) is 11.8. The molecule has 19 heavy (non-hydrogen) atoms. The summed E-state index contributed by atoms with van der Waals surface area (Å²) in [6.07, 6.45) is 7.51. The van der Waals surface area contributed by atoms with Crippen molar-refractivity contribution in [2.45, 2.75) is 51.5 Å². The molecule has 0 aliphatic heterocycles. The number of rotatable bonds is 4. The van der Waals surface area contributed by atoms with Crippen LogP contribution in [0.3, 0.4) is 0 Å². The minimum atomic E-state index is -0.0625. The fourth-order valence-electron chi connectivity index (χ4n) is 2.63. The highest BCUT2D eigenvalue weighted by Crippen LogP contribution is 2.27. The molecule has 0 unspecified atom stereocenters. The Hall–Kier alpha value is -1.58. The maximum absolute atomic E-state index is 12.2. The molecule has 0 spiro atoms. The van der Waals surface area contributed by atoms with Crippen LogP contribution in [0.2, 0.25) is 0 Å². The average molecular weight is 261 g/mol. The molecule has 0 bridgehead atoms. The number of hydrogen-bond donors (Lipinski definition) is 2. The van der Waals surface area contributed by atoms with Crippen molar-refractivity contribution in [1.82, 2.24) is 10.3 Å². The van der Waals surface area contributed by atoms with E-state index in [0.717, 1.165) is 25.1 Å². The van der Waals surface area contributed by atoms with Gasteiger partial charge in [-0.3, -0.25) is 4.79 Å². The smallest absolute Gasteiger partial charge is 0.270 e. The zero-order chi connectivity index (χ0) is 13.7. The van der Waals surface area contributed by atoms with Crippen LogP contribution in [0.25, 0.3) is 0 Å². The Morgan fingerprint density at radius 2 is 2.05 bits per heavy atom. The molecule has 2 rings (SSSR count). The van der Waals surface area contributed by atoms with Gasteiger partial charge in [-0.25, -0.2) is 4.98 Å². The van der Waals surface area contributed by atoms with Gasteiger partial charge in [-0.05, 0) is 38.8 Å². The molecule has 0 aromatic carbocycles. The van der Waals surface area contributed by atoms with Gasteiger partial charge in [0, 0.05) is 12.1 Å². The third-order valence-electron chi connectivity index (χ3n) is 3.75. The van der Waals surface area contributed by atoms with Gasteiger partial charge in [-0.15, -0.1) is 0 Å². The largest absolute Gasteiger partial charge is 0.384 e. The molecule has 2 N–H and O–H groups in total. The molecular formula is C15H23N3O. The van der Waals surface area contributed by atoms with Crippen LogP contribution in [0, 0.1) is 0 Å². The van der Waals surface area contributed by atoms with Crippen molar-refractivity contribution in [2.24, 2.45) is 0 Å². The number of carbonyl (C=O) groups is 1. The lowest BCUT2D eigenvalue weighted by Gasteiger charge is -2.34. The van der Waals surface area contributed by atoms with Gasteiger partial charge in [0.1, 0.15) is 5.69 Å². The van der Waals surface area contributed by atoms with Crippen LogP contribution >= 0.6 is 0 Å². The van der Waals surface area contributed by atoms with Crippen LogP contribution in [-0.2, 0) is 0 Å². The predicted octanol–water partition coefficient (Wildman–Crippen LogP) is 2.97. The molecule has 0 atom stereocenters. The van der Waals surface area contributed by atoms with Crippen molar-refractivity contribution in [1.29, 1.82) is 0 Å². The van der Waals surface area contributed by atoms with Gasteiger partial charge >= 0.3 is 0 Å². The van der Waals surface area contributed by atoms with Crippen molar-refractivity contribution in [3.63, 3.8) is 0 Å². The molecule has 0 saturated heterocycles. The van der Waals surface area contributed by atoms with Gasteiger partial charge in [0.15, 0.2) is 0 Å². The van der Waals surface area contributed by atoms with Crippen LogP contribution in [0.15, 0.2) is 18.3 Å². The summed E-state index contributed by atoms with van der Waals surface area (Å²) in [5.74, 6) is -0.0625. The SMILES string of the molecule is CCNc1ccc(C(=O)NC2(C)CCCCC2)nc1. The molecule has 4 heteroatoms. The first-order valence-corrected chi connectivity index (χ1v) is 7.15. The third-order valence-corrected chi connectivity index (χ3v) is 3.75. The topological polar surface area (TPSA) is 54.0 Å². The number of nitrogens with one attached hydrogen (secondary N) is 2. The monoisotopic (exact) mass is 261 g/mol. The van der Waals surface area contributed by atoms with E-state index in [-0.39, 0.29) is 11.4 Å². The first-order chi connectivity index (χ1) is 9.13. The van der Waals surface area contributed by atoms with E-state index >= 15 is 0 Å². The second-order valence-electron chi connectivity index (χ2n) is 5.54. The van der Waals surface area contributed by atoms with E-state index < -0.39 is 0 Å². The van der Waals surface area contributed by atoms with Crippen molar-refractivity contribution in [3.05, 3.63) is 24.0 Å². The van der Waals surface area contributed by atoms with Crippen molar-refractivity contribution < 1.29 is 4.79 Å². The summed E-state index contributed by atoms with van der Waals surface area (Å²) >= 11 is 0. The van der Waals surface area contributed by atoms with Crippen molar-refractivity contribution in [3.8, 4) is 0 Å². The first kappa shape index (κ1) is 13.8. The van der Waals surface area contributed by atoms with Gasteiger partial charge in [-0.2, -0.15) is 0 Å². The van der Waals surface area contributed by atoms with Gasteiger partial charge < -0.3 is 10.6 Å². The van der Waals surface area contributed by atoms with Crippen LogP contribution < -0.4 is 10.6 Å². The van der Waals surface area contributed by atoms with E-state index in [1.54, 1.807) is 12.3 Å². The van der Waals surface area contributed by atoms with E-state index in [9.17, 15) is 4.79 Å². The Morgan fingerprint density at radius 1 is 1.32 bits per heavy atom. The summed E-state index contributed by atoms with van der Waals surface area (Å²) in [6.45, 7) is 5.02. The molecular weight excluding hydrogens is 238 g/mol. The zero-order valence-electron chi connectivity index (χ0n) is 11.8. The number of aromatic nitrogens is 1. The summed E-state index contributed by atoms with van der Waals surface area (Å²) in [5, 5.41) is 6.31. The first-order valence-electron chi connectivity index (χ1n) is 7.15. The van der Waals surface area contributed by atoms with Crippen molar-refractivity contribution in [2.75, 3.05) is 11.9 Å². The number of pyridine rings is 1. The van der Waals surface area contributed by atoms with Crippen LogP contribution in [0.5, 0.6) is 0 Å². The Morgan fingerprint density at radius 3 is 2.63 bits per heavy atom. The van der Waals surface area contributed by atoms with Gasteiger partial charge in [-0.1, -0.05) is 19.3 Å². The highest BCUT2D eigenvalue weighted by Gasteiger charge is 2.28. The van der Waals surface area contributed by atoms with E-state index in [1.165, 1.54) is 19.3 Å². The molecule has 1 aromatic rings. The number of carbonyl (C=O) groups excluding carboxylic acids is 1. The minimum absolute atomic E-state index is 0.0582. The van der Waals surface area contributed by atoms with Gasteiger partial charge in [0.05, 0.1) is 11.9 Å². The second kappa shape index (κ2) is 6.04. The van der Waals surface area contributed by atoms with Gasteiger partial charge in [0.2, 0.25) is 0 Å². The number of anilines is 1. The summed E-state index contributed by atoms with van der Waals surface area (Å²) < 4.78 is 0. The average Bonchev–Trinajstić information content (AvgIpc) is 2.40. The maximum Gasteiger partial charge on any atom is 0.270 e. The van der Waals surface area contributed by atoms with E-state index in [1.807, 2.05) is 13.0 Å². The Bertz CT molecular complexity index is 422. The summed E-state index contributed by atoms with van der Waals surface area (Å²) in [7, 11) is 0. The molecule has 1 aromatic heterocycles. The lowest BCUT2D eigenvalue weighted by atomic mass is 9.83. The maximum atomic E-state index is 12.2. The third kappa shape index (κ3) is 3.69. The highest BCUT2D eigenvalue weighted by atomic mass is 16.2. The normalized spacial score (nSPS) is 17.8. The molecule has 0 radical (unpaired) electrons. The molecule has 1 aliphatic carbocycles. The predicted molar refractivity (Wildman–Crippen MR) is 77.4 cm³/mol. The van der Waals surface area contributed by atoms with E-state index in [4.69, 9.17) is 0 Å². The lowest BCUT2D eigenvalue weighted by Crippen LogP contribution is -2.47. The van der Waals surface area contributed by atoms with Crippen LogP contribution in [0.1, 0.15) is 56.4 Å². The quantitative estimate of drug-likeness (QED) is 0.876. The highest BCUT2D eigenvalue weighted by molar-refractivity contribution is 5.92. The molecule has 1 aliphatic rings. The van der Waals surface area contributed by atoms with E-state index in [0.29, 0.717) is 5.69 Å². The van der Waals surface area contributed by atoms with Crippen molar-refractivity contribution >= 4 is 11.6 Å².